The highest BCUT2D eigenvalue weighted by Crippen LogP contribution is 2.20. The molecule has 1 rings (SSSR count). The Balaban J connectivity index is 2.43. The number of thiophene rings is 1. The normalized spacial score (nSPS) is 9.67. The van der Waals surface area contributed by atoms with E-state index < -0.39 is 5.97 Å². The van der Waals surface area contributed by atoms with Crippen molar-refractivity contribution in [2.45, 2.75) is 6.42 Å². The van der Waals surface area contributed by atoms with Gasteiger partial charge in [-0.25, -0.2) is 0 Å². The number of nitrogens with one attached hydrogen (secondary N) is 1. The number of rotatable bonds is 5. The number of methoxy groups -OCH3 is 1. The predicted molar refractivity (Wildman–Crippen MR) is 55.5 cm³/mol. The molecule has 0 atom stereocenters. The number of ether oxygens (including phenoxy) is 1. The number of hydrogen-bond donors (Lipinski definition) is 2. The summed E-state index contributed by atoms with van der Waals surface area (Å²) in [6.07, 6.45) is -0.0751. The van der Waals surface area contributed by atoms with Crippen LogP contribution < -0.4 is 10.1 Å². The lowest BCUT2D eigenvalue weighted by Gasteiger charge is -1.99. The molecule has 0 bridgehead atoms. The molecule has 0 fully saturated rings. The van der Waals surface area contributed by atoms with E-state index in [0.717, 1.165) is 0 Å². The molecule has 1 aromatic heterocycles. The molecule has 1 aromatic rings. The maximum atomic E-state index is 11.4. The van der Waals surface area contributed by atoms with E-state index in [1.807, 2.05) is 0 Å². The number of carbonyl (C=O) groups is 2. The van der Waals surface area contributed by atoms with Crippen molar-refractivity contribution < 1.29 is 19.4 Å². The van der Waals surface area contributed by atoms with Crippen molar-refractivity contribution >= 4 is 23.2 Å². The van der Waals surface area contributed by atoms with E-state index in [2.05, 4.69) is 5.32 Å². The van der Waals surface area contributed by atoms with Crippen molar-refractivity contribution in [2.75, 3.05) is 13.7 Å². The molecule has 0 aliphatic rings. The van der Waals surface area contributed by atoms with Crippen LogP contribution in [0.3, 0.4) is 0 Å². The quantitative estimate of drug-likeness (QED) is 0.788. The zero-order chi connectivity index (χ0) is 11.3. The van der Waals surface area contributed by atoms with Crippen LogP contribution in [0.15, 0.2) is 11.4 Å². The Morgan fingerprint density at radius 3 is 2.87 bits per heavy atom. The van der Waals surface area contributed by atoms with Gasteiger partial charge in [0, 0.05) is 18.0 Å². The lowest BCUT2D eigenvalue weighted by Crippen LogP contribution is -2.25. The van der Waals surface area contributed by atoms with E-state index in [1.54, 1.807) is 11.4 Å². The van der Waals surface area contributed by atoms with Crippen molar-refractivity contribution in [3.63, 3.8) is 0 Å². The molecule has 1 amide bonds. The fraction of sp³-hybridized carbons (Fsp3) is 0.333. The SMILES string of the molecule is COc1csc(C(=O)NCCC(=O)O)c1. The smallest absolute Gasteiger partial charge is 0.305 e. The van der Waals surface area contributed by atoms with Crippen LogP contribution in [0.2, 0.25) is 0 Å². The van der Waals surface area contributed by atoms with Crippen LogP contribution in [0.1, 0.15) is 16.1 Å². The molecule has 0 saturated carbocycles. The predicted octanol–water partition coefficient (Wildman–Crippen LogP) is 0.961. The minimum atomic E-state index is -0.931. The van der Waals surface area contributed by atoms with Gasteiger partial charge in [0.05, 0.1) is 18.4 Å². The molecule has 0 aliphatic carbocycles. The minimum Gasteiger partial charge on any atom is -0.496 e. The summed E-state index contributed by atoms with van der Waals surface area (Å²) < 4.78 is 4.92. The second-order valence-electron chi connectivity index (χ2n) is 2.75. The zero-order valence-electron chi connectivity index (χ0n) is 8.15. The molecule has 0 aliphatic heterocycles. The largest absolute Gasteiger partial charge is 0.496 e. The topological polar surface area (TPSA) is 75.6 Å². The molecule has 5 nitrogen and oxygen atoms in total. The Hall–Kier alpha value is -1.56. The number of carbonyl (C=O) groups excluding carboxylic acids is 1. The van der Waals surface area contributed by atoms with Crippen LogP contribution in [-0.4, -0.2) is 30.6 Å². The van der Waals surface area contributed by atoms with Gasteiger partial charge in [-0.15, -0.1) is 11.3 Å². The standard InChI is InChI=1S/C9H11NO4S/c1-14-6-4-7(15-5-6)9(13)10-3-2-8(11)12/h4-5H,2-3H2,1H3,(H,10,13)(H,11,12). The molecule has 0 saturated heterocycles. The van der Waals surface area contributed by atoms with Gasteiger partial charge in [0.15, 0.2) is 0 Å². The molecule has 6 heteroatoms. The van der Waals surface area contributed by atoms with Crippen molar-refractivity contribution in [1.82, 2.24) is 5.32 Å². The second kappa shape index (κ2) is 5.35. The van der Waals surface area contributed by atoms with Gasteiger partial charge in [-0.1, -0.05) is 0 Å². The molecule has 2 N–H and O–H groups in total. The van der Waals surface area contributed by atoms with Gasteiger partial charge in [-0.2, -0.15) is 0 Å². The highest BCUT2D eigenvalue weighted by atomic mass is 32.1. The van der Waals surface area contributed by atoms with Gasteiger partial charge in [-0.05, 0) is 0 Å². The van der Waals surface area contributed by atoms with Gasteiger partial charge in [0.1, 0.15) is 5.75 Å². The number of carboxylic acid groups (broad SMARTS) is 1. The fourth-order valence-electron chi connectivity index (χ4n) is 0.915. The highest BCUT2D eigenvalue weighted by molar-refractivity contribution is 7.12. The summed E-state index contributed by atoms with van der Waals surface area (Å²) in [7, 11) is 1.52. The van der Waals surface area contributed by atoms with E-state index in [4.69, 9.17) is 9.84 Å². The first-order valence-corrected chi connectivity index (χ1v) is 5.14. The Kier molecular flexibility index (Phi) is 4.11. The Morgan fingerprint density at radius 2 is 2.33 bits per heavy atom. The molecule has 82 valence electrons. The summed E-state index contributed by atoms with van der Waals surface area (Å²) in [5.74, 6) is -0.577. The molecule has 0 unspecified atom stereocenters. The number of hydrogen-bond acceptors (Lipinski definition) is 4. The molecule has 0 aromatic carbocycles. The Labute approximate surface area is 90.7 Å². The maximum Gasteiger partial charge on any atom is 0.305 e. The van der Waals surface area contributed by atoms with Gasteiger partial charge in [0.25, 0.3) is 5.91 Å². The third-order valence-corrected chi connectivity index (χ3v) is 2.57. The lowest BCUT2D eigenvalue weighted by atomic mass is 10.4. The number of aliphatic carboxylic acids is 1. The number of amides is 1. The van der Waals surface area contributed by atoms with Crippen LogP contribution in [0, 0.1) is 0 Å². The van der Waals surface area contributed by atoms with Crippen LogP contribution in [0.25, 0.3) is 0 Å². The van der Waals surface area contributed by atoms with Gasteiger partial charge in [-0.3, -0.25) is 9.59 Å². The zero-order valence-corrected chi connectivity index (χ0v) is 8.97. The first-order chi connectivity index (χ1) is 7.13. The maximum absolute atomic E-state index is 11.4. The Morgan fingerprint density at radius 1 is 1.60 bits per heavy atom. The summed E-state index contributed by atoms with van der Waals surface area (Å²) in [6, 6.07) is 1.61. The summed E-state index contributed by atoms with van der Waals surface area (Å²) in [6.45, 7) is 0.133. The third kappa shape index (κ3) is 3.59. The molecular formula is C9H11NO4S. The monoisotopic (exact) mass is 229 g/mol. The second-order valence-corrected chi connectivity index (χ2v) is 3.66. The van der Waals surface area contributed by atoms with Crippen LogP contribution >= 0.6 is 11.3 Å². The molecular weight excluding hydrogens is 218 g/mol. The van der Waals surface area contributed by atoms with Crippen LogP contribution in [-0.2, 0) is 4.79 Å². The summed E-state index contributed by atoms with van der Waals surface area (Å²) in [5, 5.41) is 12.6. The van der Waals surface area contributed by atoms with Gasteiger partial charge >= 0.3 is 5.97 Å². The van der Waals surface area contributed by atoms with Crippen molar-refractivity contribution in [3.05, 3.63) is 16.3 Å². The van der Waals surface area contributed by atoms with E-state index in [1.165, 1.54) is 18.4 Å². The van der Waals surface area contributed by atoms with Crippen LogP contribution in [0.4, 0.5) is 0 Å². The highest BCUT2D eigenvalue weighted by Gasteiger charge is 2.09. The molecule has 15 heavy (non-hydrogen) atoms. The molecule has 1 heterocycles. The first-order valence-electron chi connectivity index (χ1n) is 4.26. The third-order valence-electron chi connectivity index (χ3n) is 1.66. The average Bonchev–Trinajstić information content (AvgIpc) is 2.65. The van der Waals surface area contributed by atoms with E-state index in [9.17, 15) is 9.59 Å². The summed E-state index contributed by atoms with van der Waals surface area (Å²) >= 11 is 1.26. The molecule has 0 radical (unpaired) electrons. The number of carboxylic acids is 1. The van der Waals surface area contributed by atoms with E-state index >= 15 is 0 Å². The van der Waals surface area contributed by atoms with Crippen molar-refractivity contribution in [2.24, 2.45) is 0 Å². The summed E-state index contributed by atoms with van der Waals surface area (Å²) in [4.78, 5) is 22.1. The van der Waals surface area contributed by atoms with E-state index in [-0.39, 0.29) is 18.9 Å². The summed E-state index contributed by atoms with van der Waals surface area (Å²) in [5.41, 5.74) is 0. The lowest BCUT2D eigenvalue weighted by molar-refractivity contribution is -0.136. The molecule has 0 spiro atoms. The first kappa shape index (κ1) is 11.5. The van der Waals surface area contributed by atoms with Crippen LogP contribution in [0.5, 0.6) is 5.75 Å². The van der Waals surface area contributed by atoms with Gasteiger partial charge < -0.3 is 15.2 Å². The van der Waals surface area contributed by atoms with Crippen molar-refractivity contribution in [1.29, 1.82) is 0 Å². The fourth-order valence-corrected chi connectivity index (χ4v) is 1.69. The Bertz CT molecular complexity index is 361. The van der Waals surface area contributed by atoms with Crippen molar-refractivity contribution in [3.8, 4) is 5.75 Å². The van der Waals surface area contributed by atoms with Gasteiger partial charge in [0.2, 0.25) is 0 Å². The average molecular weight is 229 g/mol. The van der Waals surface area contributed by atoms with E-state index in [0.29, 0.717) is 10.6 Å². The minimum absolute atomic E-state index is 0.0751.